The largest absolute Gasteiger partial charge is 0.416 e. The summed E-state index contributed by atoms with van der Waals surface area (Å²) in [6, 6.07) is 3.87. The van der Waals surface area contributed by atoms with Crippen molar-refractivity contribution in [2.75, 3.05) is 45.1 Å². The Morgan fingerprint density at radius 1 is 1.00 bits per heavy atom. The molecule has 2 aromatic heterocycles. The predicted octanol–water partition coefficient (Wildman–Crippen LogP) is 4.11. The summed E-state index contributed by atoms with van der Waals surface area (Å²) in [6.07, 6.45) is 1.30. The second-order valence-corrected chi connectivity index (χ2v) is 10.7. The molecule has 3 aromatic rings. The molecule has 7 nitrogen and oxygen atoms in total. The van der Waals surface area contributed by atoms with E-state index in [0.717, 1.165) is 61.3 Å². The van der Waals surface area contributed by atoms with Gasteiger partial charge in [-0.1, -0.05) is 0 Å². The molecule has 0 radical (unpaired) electrons. The molecule has 37 heavy (non-hydrogen) atoms. The summed E-state index contributed by atoms with van der Waals surface area (Å²) in [5.74, 6) is -0.368. The van der Waals surface area contributed by atoms with Crippen LogP contribution in [-0.4, -0.2) is 70.3 Å². The molecule has 2 aliphatic heterocycles. The van der Waals surface area contributed by atoms with Gasteiger partial charge < -0.3 is 10.2 Å². The number of carbonyl (C=O) groups is 1. The molecule has 4 heterocycles. The molecule has 5 rings (SSSR count). The predicted molar refractivity (Wildman–Crippen MR) is 136 cm³/mol. The molecule has 0 saturated carbocycles. The number of likely N-dealkylation sites (N-methyl/N-ethyl adjacent to an activating group) is 1. The van der Waals surface area contributed by atoms with Gasteiger partial charge in [-0.05, 0) is 42.8 Å². The number of carbonyl (C=O) groups excluding carboxylic acids is 1. The summed E-state index contributed by atoms with van der Waals surface area (Å²) in [5.41, 5.74) is 2.51. The molecule has 1 fully saturated rings. The first-order chi connectivity index (χ1) is 17.7. The molecule has 1 saturated heterocycles. The van der Waals surface area contributed by atoms with Crippen LogP contribution >= 0.6 is 11.3 Å². The van der Waals surface area contributed by atoms with E-state index in [-0.39, 0.29) is 11.6 Å². The zero-order valence-corrected chi connectivity index (χ0v) is 21.4. The topological polar surface area (TPSA) is 64.6 Å². The van der Waals surface area contributed by atoms with Gasteiger partial charge in [0, 0.05) is 86.3 Å². The highest BCUT2D eigenvalue weighted by Gasteiger charge is 2.32. The van der Waals surface area contributed by atoms with Crippen molar-refractivity contribution >= 4 is 22.9 Å². The third kappa shape index (κ3) is 6.35. The number of alkyl halides is 3. The summed E-state index contributed by atoms with van der Waals surface area (Å²) in [4.78, 5) is 29.0. The summed E-state index contributed by atoms with van der Waals surface area (Å²) >= 11 is 1.51. The van der Waals surface area contributed by atoms with Crippen LogP contribution in [0.15, 0.2) is 42.3 Å². The summed E-state index contributed by atoms with van der Waals surface area (Å²) in [5, 5.41) is 4.57. The van der Waals surface area contributed by atoms with E-state index in [1.165, 1.54) is 23.7 Å². The van der Waals surface area contributed by atoms with E-state index in [0.29, 0.717) is 30.6 Å². The molecular formula is C26H29F3N6OS. The second kappa shape index (κ2) is 10.9. The Morgan fingerprint density at radius 3 is 2.46 bits per heavy atom. The quantitative estimate of drug-likeness (QED) is 0.518. The molecule has 0 spiro atoms. The van der Waals surface area contributed by atoms with Crippen LogP contribution in [0.5, 0.6) is 0 Å². The van der Waals surface area contributed by atoms with Crippen molar-refractivity contribution in [3.8, 4) is 0 Å². The molecule has 1 aromatic carbocycles. The third-order valence-electron chi connectivity index (χ3n) is 6.87. The molecule has 0 bridgehead atoms. The number of hydrogen-bond acceptors (Lipinski definition) is 7. The van der Waals surface area contributed by atoms with E-state index in [9.17, 15) is 18.0 Å². The average molecular weight is 531 g/mol. The minimum atomic E-state index is -4.49. The van der Waals surface area contributed by atoms with Crippen LogP contribution in [0, 0.1) is 0 Å². The van der Waals surface area contributed by atoms with Crippen LogP contribution in [0.3, 0.4) is 0 Å². The molecule has 1 N–H and O–H groups in total. The first kappa shape index (κ1) is 25.8. The number of nitrogens with one attached hydrogen (secondary N) is 1. The lowest BCUT2D eigenvalue weighted by Crippen LogP contribution is -2.43. The van der Waals surface area contributed by atoms with E-state index in [4.69, 9.17) is 0 Å². The van der Waals surface area contributed by atoms with Gasteiger partial charge in [-0.15, -0.1) is 11.3 Å². The number of nitrogens with zero attached hydrogens (tertiary/aromatic N) is 5. The van der Waals surface area contributed by atoms with Gasteiger partial charge in [0.25, 0.3) is 5.91 Å². The zero-order chi connectivity index (χ0) is 26.0. The number of fused-ring (bicyclic) bond motifs is 1. The Balaban J connectivity index is 1.30. The van der Waals surface area contributed by atoms with Crippen LogP contribution < -0.4 is 5.32 Å². The third-order valence-corrected chi connectivity index (χ3v) is 7.88. The van der Waals surface area contributed by atoms with Gasteiger partial charge in [0.1, 0.15) is 6.33 Å². The Labute approximate surface area is 217 Å². The van der Waals surface area contributed by atoms with E-state index >= 15 is 0 Å². The fourth-order valence-corrected chi connectivity index (χ4v) is 5.98. The summed E-state index contributed by atoms with van der Waals surface area (Å²) in [7, 11) is 2.04. The fourth-order valence-electron chi connectivity index (χ4n) is 4.86. The Morgan fingerprint density at radius 2 is 1.73 bits per heavy atom. The lowest BCUT2D eigenvalue weighted by molar-refractivity contribution is -0.137. The van der Waals surface area contributed by atoms with Crippen molar-refractivity contribution < 1.29 is 18.0 Å². The summed E-state index contributed by atoms with van der Waals surface area (Å²) in [6.45, 7) is 5.97. The van der Waals surface area contributed by atoms with Crippen LogP contribution in [-0.2, 0) is 32.2 Å². The highest BCUT2D eigenvalue weighted by atomic mass is 32.1. The number of hydrogen-bond donors (Lipinski definition) is 1. The molecule has 1 amide bonds. The van der Waals surface area contributed by atoms with Gasteiger partial charge in [-0.2, -0.15) is 13.2 Å². The van der Waals surface area contributed by atoms with E-state index in [1.807, 2.05) is 12.4 Å². The van der Waals surface area contributed by atoms with Gasteiger partial charge in [0.05, 0.1) is 11.1 Å². The maximum atomic E-state index is 13.7. The standard InChI is InChI=1S/C26H29F3N6OS/c1-33-4-6-34(7-5-33)13-18-8-20(26(27,28)29)10-21(9-18)32-25(36)23-16-37-24-15-35(3-2-22(23)24)14-19-11-30-17-31-12-19/h8-12,16-17H,2-7,13-15H2,1H3,(H,32,36). The zero-order valence-electron chi connectivity index (χ0n) is 20.6. The van der Waals surface area contributed by atoms with E-state index in [2.05, 4.69) is 30.0 Å². The monoisotopic (exact) mass is 530 g/mol. The van der Waals surface area contributed by atoms with E-state index < -0.39 is 11.7 Å². The highest BCUT2D eigenvalue weighted by Crippen LogP contribution is 2.34. The maximum Gasteiger partial charge on any atom is 0.416 e. The summed E-state index contributed by atoms with van der Waals surface area (Å²) < 4.78 is 41.0. The molecule has 2 aliphatic rings. The van der Waals surface area contributed by atoms with Crippen LogP contribution in [0.2, 0.25) is 0 Å². The van der Waals surface area contributed by atoms with Crippen LogP contribution in [0.1, 0.15) is 37.5 Å². The number of thiophene rings is 1. The molecular weight excluding hydrogens is 501 g/mol. The maximum absolute atomic E-state index is 13.7. The Hall–Kier alpha value is -2.86. The minimum absolute atomic E-state index is 0.172. The molecule has 0 aliphatic carbocycles. The van der Waals surface area contributed by atoms with Crippen LogP contribution in [0.4, 0.5) is 18.9 Å². The number of halogens is 3. The first-order valence-electron chi connectivity index (χ1n) is 12.2. The lowest BCUT2D eigenvalue weighted by Gasteiger charge is -2.32. The number of piperazine rings is 1. The van der Waals surface area contributed by atoms with Crippen LogP contribution in [0.25, 0.3) is 0 Å². The fraction of sp³-hybridized carbons (Fsp3) is 0.423. The smallest absolute Gasteiger partial charge is 0.322 e. The van der Waals surface area contributed by atoms with Crippen molar-refractivity contribution in [1.29, 1.82) is 0 Å². The number of rotatable bonds is 6. The molecule has 0 unspecified atom stereocenters. The Kier molecular flexibility index (Phi) is 7.57. The van der Waals surface area contributed by atoms with Gasteiger partial charge >= 0.3 is 6.18 Å². The number of aromatic nitrogens is 2. The highest BCUT2D eigenvalue weighted by molar-refractivity contribution is 7.10. The van der Waals surface area contributed by atoms with E-state index in [1.54, 1.807) is 18.5 Å². The Bertz CT molecular complexity index is 1240. The lowest BCUT2D eigenvalue weighted by atomic mass is 10.0. The molecule has 0 atom stereocenters. The van der Waals surface area contributed by atoms with Gasteiger partial charge in [-0.25, -0.2) is 9.97 Å². The van der Waals surface area contributed by atoms with Crippen molar-refractivity contribution in [2.45, 2.75) is 32.2 Å². The average Bonchev–Trinajstić information content (AvgIpc) is 3.29. The van der Waals surface area contributed by atoms with Crippen molar-refractivity contribution in [3.63, 3.8) is 0 Å². The number of benzene rings is 1. The normalized spacial score (nSPS) is 17.5. The van der Waals surface area contributed by atoms with Gasteiger partial charge in [-0.3, -0.25) is 14.6 Å². The van der Waals surface area contributed by atoms with Gasteiger partial charge in [0.2, 0.25) is 0 Å². The van der Waals surface area contributed by atoms with Crippen molar-refractivity contribution in [2.24, 2.45) is 0 Å². The SMILES string of the molecule is CN1CCN(Cc2cc(NC(=O)c3csc4c3CCN(Cc3cncnc3)C4)cc(C(F)(F)F)c2)CC1. The molecule has 11 heteroatoms. The van der Waals surface area contributed by atoms with Crippen molar-refractivity contribution in [1.82, 2.24) is 24.7 Å². The number of amides is 1. The molecule has 196 valence electrons. The second-order valence-electron chi connectivity index (χ2n) is 9.71. The minimum Gasteiger partial charge on any atom is -0.322 e. The number of anilines is 1. The first-order valence-corrected chi connectivity index (χ1v) is 13.1. The van der Waals surface area contributed by atoms with Gasteiger partial charge in [0.15, 0.2) is 0 Å². The van der Waals surface area contributed by atoms with Crippen molar-refractivity contribution in [3.05, 3.63) is 75.0 Å².